The lowest BCUT2D eigenvalue weighted by Crippen LogP contribution is -2.33. The molecule has 0 aliphatic heterocycles. The van der Waals surface area contributed by atoms with Gasteiger partial charge in [0.15, 0.2) is 0 Å². The lowest BCUT2D eigenvalue weighted by Gasteiger charge is -2.10. The molecule has 3 aromatic rings. The molecule has 3 rings (SSSR count). The van der Waals surface area contributed by atoms with E-state index >= 15 is 0 Å². The highest BCUT2D eigenvalue weighted by atomic mass is 16.3. The molecule has 0 atom stereocenters. The smallest absolute Gasteiger partial charge is 0.275 e. The van der Waals surface area contributed by atoms with E-state index in [0.717, 1.165) is 10.1 Å². The number of aromatic hydroxyl groups is 1. The van der Waals surface area contributed by atoms with E-state index in [0.29, 0.717) is 16.6 Å². The van der Waals surface area contributed by atoms with Crippen LogP contribution in [0.25, 0.3) is 10.8 Å². The molecule has 6 heteroatoms. The van der Waals surface area contributed by atoms with Crippen LogP contribution in [0.3, 0.4) is 0 Å². The van der Waals surface area contributed by atoms with Gasteiger partial charge in [-0.2, -0.15) is 5.10 Å². The third kappa shape index (κ3) is 3.12. The summed E-state index contributed by atoms with van der Waals surface area (Å²) in [5.41, 5.74) is 1.01. The van der Waals surface area contributed by atoms with Gasteiger partial charge in [-0.3, -0.25) is 9.59 Å². The summed E-state index contributed by atoms with van der Waals surface area (Å²) >= 11 is 0. The van der Waals surface area contributed by atoms with Crippen LogP contribution in [0.2, 0.25) is 0 Å². The molecule has 0 bridgehead atoms. The zero-order chi connectivity index (χ0) is 17.1. The van der Waals surface area contributed by atoms with E-state index in [2.05, 4.69) is 10.4 Å². The third-order valence-electron chi connectivity index (χ3n) is 3.81. The number of benzene rings is 2. The summed E-state index contributed by atoms with van der Waals surface area (Å²) in [4.78, 5) is 24.5. The van der Waals surface area contributed by atoms with Crippen molar-refractivity contribution < 1.29 is 9.90 Å². The number of hydrogen-bond acceptors (Lipinski definition) is 4. The second-order valence-electron chi connectivity index (χ2n) is 5.50. The van der Waals surface area contributed by atoms with E-state index in [-0.39, 0.29) is 30.3 Å². The van der Waals surface area contributed by atoms with Crippen LogP contribution >= 0.6 is 0 Å². The lowest BCUT2D eigenvalue weighted by molar-refractivity contribution is -0.122. The number of aryl methyl sites for hydroxylation is 1. The van der Waals surface area contributed by atoms with E-state index in [9.17, 15) is 14.7 Å². The first kappa shape index (κ1) is 15.7. The van der Waals surface area contributed by atoms with Crippen LogP contribution < -0.4 is 10.9 Å². The van der Waals surface area contributed by atoms with Gasteiger partial charge in [0.1, 0.15) is 12.3 Å². The number of carbonyl (C=O) groups is 1. The number of aromatic nitrogens is 2. The van der Waals surface area contributed by atoms with Crippen LogP contribution in [-0.4, -0.2) is 20.8 Å². The molecule has 2 N–H and O–H groups in total. The van der Waals surface area contributed by atoms with Gasteiger partial charge in [-0.25, -0.2) is 4.68 Å². The molecule has 0 unspecified atom stereocenters. The van der Waals surface area contributed by atoms with Crippen molar-refractivity contribution in [3.8, 4) is 5.75 Å². The topological polar surface area (TPSA) is 84.2 Å². The molecule has 122 valence electrons. The van der Waals surface area contributed by atoms with Crippen molar-refractivity contribution in [1.29, 1.82) is 0 Å². The van der Waals surface area contributed by atoms with Crippen molar-refractivity contribution in [1.82, 2.24) is 15.1 Å². The summed E-state index contributed by atoms with van der Waals surface area (Å²) < 4.78 is 1.16. The van der Waals surface area contributed by atoms with E-state index < -0.39 is 0 Å². The van der Waals surface area contributed by atoms with Gasteiger partial charge in [0.05, 0.1) is 11.1 Å². The van der Waals surface area contributed by atoms with Gasteiger partial charge in [-0.05, 0) is 19.1 Å². The van der Waals surface area contributed by atoms with E-state index in [1.807, 2.05) is 12.1 Å². The van der Waals surface area contributed by atoms with Crippen LogP contribution in [0.4, 0.5) is 0 Å². The highest BCUT2D eigenvalue weighted by Crippen LogP contribution is 2.15. The Bertz CT molecular complexity index is 963. The largest absolute Gasteiger partial charge is 0.508 e. The molecule has 0 aliphatic rings. The number of para-hydroxylation sites is 1. The maximum absolute atomic E-state index is 12.4. The van der Waals surface area contributed by atoms with Crippen molar-refractivity contribution in [2.24, 2.45) is 0 Å². The van der Waals surface area contributed by atoms with E-state index in [1.165, 1.54) is 0 Å². The summed E-state index contributed by atoms with van der Waals surface area (Å²) in [6, 6.07) is 14.0. The summed E-state index contributed by atoms with van der Waals surface area (Å²) in [5, 5.41) is 17.9. The predicted octanol–water partition coefficient (Wildman–Crippen LogP) is 1.73. The van der Waals surface area contributed by atoms with Crippen molar-refractivity contribution >= 4 is 16.7 Å². The van der Waals surface area contributed by atoms with Crippen LogP contribution in [-0.2, 0) is 17.9 Å². The van der Waals surface area contributed by atoms with Crippen LogP contribution in [0.15, 0.2) is 53.3 Å². The fourth-order valence-corrected chi connectivity index (χ4v) is 2.56. The number of hydrogen-bond donors (Lipinski definition) is 2. The first-order valence-corrected chi connectivity index (χ1v) is 7.56. The second-order valence-corrected chi connectivity index (χ2v) is 5.50. The summed E-state index contributed by atoms with van der Waals surface area (Å²) in [5.74, 6) is -0.225. The Labute approximate surface area is 138 Å². The lowest BCUT2D eigenvalue weighted by atomic mass is 10.1. The molecule has 6 nitrogen and oxygen atoms in total. The maximum atomic E-state index is 12.4. The van der Waals surface area contributed by atoms with Crippen molar-refractivity contribution in [2.75, 3.05) is 0 Å². The fourth-order valence-electron chi connectivity index (χ4n) is 2.56. The molecule has 0 spiro atoms. The van der Waals surface area contributed by atoms with Crippen LogP contribution in [0.5, 0.6) is 5.75 Å². The third-order valence-corrected chi connectivity index (χ3v) is 3.81. The standard InChI is InChI=1S/C18H17N3O3/c1-12-14-7-3-4-8-15(14)18(24)21(20-12)11-17(23)19-10-13-6-2-5-9-16(13)22/h2-9,22H,10-11H2,1H3,(H,19,23). The monoisotopic (exact) mass is 323 g/mol. The summed E-state index contributed by atoms with van der Waals surface area (Å²) in [6.45, 7) is 1.82. The number of phenolic OH excluding ortho intramolecular Hbond substituents is 1. The normalized spacial score (nSPS) is 10.7. The molecule has 0 saturated heterocycles. The van der Waals surface area contributed by atoms with Gasteiger partial charge in [-0.15, -0.1) is 0 Å². The Hall–Kier alpha value is -3.15. The van der Waals surface area contributed by atoms with Crippen molar-refractivity contribution in [3.05, 3.63) is 70.1 Å². The summed E-state index contributed by atoms with van der Waals surface area (Å²) in [7, 11) is 0. The Morgan fingerprint density at radius 2 is 1.79 bits per heavy atom. The van der Waals surface area contributed by atoms with Gasteiger partial charge in [-0.1, -0.05) is 36.4 Å². The van der Waals surface area contributed by atoms with Gasteiger partial charge in [0.2, 0.25) is 5.91 Å². The number of nitrogens with zero attached hydrogens (tertiary/aromatic N) is 2. The Kier molecular flexibility index (Phi) is 4.29. The SMILES string of the molecule is Cc1nn(CC(=O)NCc2ccccc2O)c(=O)c2ccccc12. The minimum Gasteiger partial charge on any atom is -0.508 e. The van der Waals surface area contributed by atoms with Crippen LogP contribution in [0, 0.1) is 6.92 Å². The molecule has 1 heterocycles. The van der Waals surface area contributed by atoms with Gasteiger partial charge >= 0.3 is 0 Å². The molecule has 0 saturated carbocycles. The molecule has 1 aromatic heterocycles. The highest BCUT2D eigenvalue weighted by molar-refractivity contribution is 5.83. The molecule has 2 aromatic carbocycles. The quantitative estimate of drug-likeness (QED) is 0.766. The van der Waals surface area contributed by atoms with Gasteiger partial charge < -0.3 is 10.4 Å². The number of phenols is 1. The zero-order valence-corrected chi connectivity index (χ0v) is 13.2. The molecule has 0 aliphatic carbocycles. The predicted molar refractivity (Wildman–Crippen MR) is 90.7 cm³/mol. The van der Waals surface area contributed by atoms with Gasteiger partial charge in [0.25, 0.3) is 5.56 Å². The Morgan fingerprint density at radius 1 is 1.12 bits per heavy atom. The Morgan fingerprint density at radius 3 is 2.54 bits per heavy atom. The average molecular weight is 323 g/mol. The van der Waals surface area contributed by atoms with E-state index in [1.54, 1.807) is 43.3 Å². The maximum Gasteiger partial charge on any atom is 0.275 e. The first-order chi connectivity index (χ1) is 11.6. The van der Waals surface area contributed by atoms with Crippen LogP contribution in [0.1, 0.15) is 11.3 Å². The minimum absolute atomic E-state index is 0.120. The number of fused-ring (bicyclic) bond motifs is 1. The van der Waals surface area contributed by atoms with Crippen molar-refractivity contribution in [2.45, 2.75) is 20.0 Å². The minimum atomic E-state index is -0.345. The van der Waals surface area contributed by atoms with Gasteiger partial charge in [0, 0.05) is 17.5 Å². The highest BCUT2D eigenvalue weighted by Gasteiger charge is 2.11. The molecular weight excluding hydrogens is 306 g/mol. The number of amides is 1. The number of rotatable bonds is 4. The Balaban J connectivity index is 1.77. The second kappa shape index (κ2) is 6.54. The molecule has 24 heavy (non-hydrogen) atoms. The molecule has 1 amide bonds. The summed E-state index contributed by atoms with van der Waals surface area (Å²) in [6.07, 6.45) is 0. The number of nitrogens with one attached hydrogen (secondary N) is 1. The van der Waals surface area contributed by atoms with Crippen molar-refractivity contribution in [3.63, 3.8) is 0 Å². The van der Waals surface area contributed by atoms with E-state index in [4.69, 9.17) is 0 Å². The molecule has 0 radical (unpaired) electrons. The molecular formula is C18H17N3O3. The fraction of sp³-hybridized carbons (Fsp3) is 0.167. The number of carbonyl (C=O) groups excluding carboxylic acids is 1. The average Bonchev–Trinajstić information content (AvgIpc) is 2.59. The zero-order valence-electron chi connectivity index (χ0n) is 13.2. The molecule has 0 fully saturated rings. The first-order valence-electron chi connectivity index (χ1n) is 7.56.